The number of aromatic nitrogens is 2. The summed E-state index contributed by atoms with van der Waals surface area (Å²) < 4.78 is 10.4. The van der Waals surface area contributed by atoms with E-state index in [1.54, 1.807) is 26.5 Å². The summed E-state index contributed by atoms with van der Waals surface area (Å²) in [6.07, 6.45) is 1.99. The van der Waals surface area contributed by atoms with Crippen LogP contribution >= 0.6 is 0 Å². The summed E-state index contributed by atoms with van der Waals surface area (Å²) in [4.78, 5) is 8.76. The van der Waals surface area contributed by atoms with E-state index in [1.807, 2.05) is 0 Å². The van der Waals surface area contributed by atoms with Crippen LogP contribution in [0, 0.1) is 6.92 Å². The zero-order valence-electron chi connectivity index (χ0n) is 11.5. The smallest absolute Gasteiger partial charge is 0.200 e. The van der Waals surface area contributed by atoms with Gasteiger partial charge in [-0.05, 0) is 18.6 Å². The molecule has 2 rings (SSSR count). The first kappa shape index (κ1) is 13.6. The van der Waals surface area contributed by atoms with Gasteiger partial charge in [0.2, 0.25) is 6.29 Å². The summed E-state index contributed by atoms with van der Waals surface area (Å²) in [7, 11) is 3.19. The van der Waals surface area contributed by atoms with Gasteiger partial charge in [0, 0.05) is 26.8 Å². The Kier molecular flexibility index (Phi) is 4.60. The van der Waals surface area contributed by atoms with Crippen LogP contribution in [-0.2, 0) is 15.9 Å². The van der Waals surface area contributed by atoms with Crippen LogP contribution in [0.2, 0.25) is 0 Å². The van der Waals surface area contributed by atoms with E-state index in [0.29, 0.717) is 6.42 Å². The molecule has 1 aromatic carbocycles. The van der Waals surface area contributed by atoms with E-state index in [-0.39, 0.29) is 0 Å². The van der Waals surface area contributed by atoms with Crippen molar-refractivity contribution in [2.45, 2.75) is 19.6 Å². The number of aryl methyl sites for hydroxylation is 1. The Labute approximate surface area is 113 Å². The monoisotopic (exact) mass is 258 g/mol. The Morgan fingerprint density at radius 2 is 1.74 bits per heavy atom. The molecule has 0 saturated carbocycles. The Morgan fingerprint density at radius 3 is 2.37 bits per heavy atom. The lowest BCUT2D eigenvalue weighted by atomic mass is 10.1. The largest absolute Gasteiger partial charge is 0.350 e. The van der Waals surface area contributed by atoms with E-state index in [0.717, 1.165) is 11.5 Å². The molecule has 0 saturated heterocycles. The molecule has 0 aliphatic carbocycles. The van der Waals surface area contributed by atoms with E-state index in [2.05, 4.69) is 41.2 Å². The van der Waals surface area contributed by atoms with Crippen molar-refractivity contribution in [3.05, 3.63) is 59.2 Å². The van der Waals surface area contributed by atoms with Gasteiger partial charge < -0.3 is 9.47 Å². The van der Waals surface area contributed by atoms with Gasteiger partial charge in [-0.25, -0.2) is 9.97 Å². The number of benzene rings is 1. The fraction of sp³-hybridized carbons (Fsp3) is 0.333. The van der Waals surface area contributed by atoms with Crippen LogP contribution in [-0.4, -0.2) is 24.2 Å². The average Bonchev–Trinajstić information content (AvgIpc) is 2.43. The summed E-state index contributed by atoms with van der Waals surface area (Å²) >= 11 is 0. The molecule has 4 heteroatoms. The van der Waals surface area contributed by atoms with Crippen molar-refractivity contribution in [1.82, 2.24) is 9.97 Å². The van der Waals surface area contributed by atoms with E-state index in [9.17, 15) is 0 Å². The molecule has 2 aromatic rings. The highest BCUT2D eigenvalue weighted by molar-refractivity contribution is 5.24. The summed E-state index contributed by atoms with van der Waals surface area (Å²) in [5.74, 6) is 0.764. The number of hydrogen-bond donors (Lipinski definition) is 0. The minimum atomic E-state index is -0.445. The first-order chi connectivity index (χ1) is 9.22. The third kappa shape index (κ3) is 3.59. The van der Waals surface area contributed by atoms with Crippen molar-refractivity contribution in [3.8, 4) is 0 Å². The molecule has 0 aliphatic rings. The van der Waals surface area contributed by atoms with Crippen molar-refractivity contribution in [3.63, 3.8) is 0 Å². The number of ether oxygens (including phenoxy) is 2. The molecule has 1 heterocycles. The second kappa shape index (κ2) is 6.41. The van der Waals surface area contributed by atoms with E-state index >= 15 is 0 Å². The molecule has 0 aliphatic heterocycles. The normalized spacial score (nSPS) is 10.9. The summed E-state index contributed by atoms with van der Waals surface area (Å²) in [6, 6.07) is 10.2. The predicted molar refractivity (Wildman–Crippen MR) is 72.8 cm³/mol. The maximum atomic E-state index is 5.19. The van der Waals surface area contributed by atoms with Gasteiger partial charge in [-0.15, -0.1) is 0 Å². The highest BCUT2D eigenvalue weighted by Crippen LogP contribution is 2.15. The molecule has 0 amide bonds. The maximum absolute atomic E-state index is 5.19. The fourth-order valence-corrected chi connectivity index (χ4v) is 1.86. The lowest BCUT2D eigenvalue weighted by Crippen LogP contribution is -2.08. The van der Waals surface area contributed by atoms with E-state index < -0.39 is 6.29 Å². The minimum absolute atomic E-state index is 0.445. The molecule has 100 valence electrons. The van der Waals surface area contributed by atoms with Crippen molar-refractivity contribution in [2.24, 2.45) is 0 Å². The Hall–Kier alpha value is -1.78. The number of rotatable bonds is 5. The lowest BCUT2D eigenvalue weighted by molar-refractivity contribution is -0.108. The molecule has 1 aromatic heterocycles. The summed E-state index contributed by atoms with van der Waals surface area (Å²) in [6.45, 7) is 2.07. The van der Waals surface area contributed by atoms with Crippen molar-refractivity contribution < 1.29 is 9.47 Å². The molecule has 4 nitrogen and oxygen atoms in total. The quantitative estimate of drug-likeness (QED) is 0.773. The van der Waals surface area contributed by atoms with Crippen LogP contribution in [0.25, 0.3) is 0 Å². The second-order valence-corrected chi connectivity index (χ2v) is 4.36. The van der Waals surface area contributed by atoms with Gasteiger partial charge in [0.05, 0.1) is 5.69 Å². The highest BCUT2D eigenvalue weighted by atomic mass is 16.7. The highest BCUT2D eigenvalue weighted by Gasteiger charge is 2.11. The molecule has 0 radical (unpaired) electrons. The van der Waals surface area contributed by atoms with E-state index in [1.165, 1.54) is 11.1 Å². The second-order valence-electron chi connectivity index (χ2n) is 4.36. The van der Waals surface area contributed by atoms with Gasteiger partial charge in [0.25, 0.3) is 0 Å². The third-order valence-corrected chi connectivity index (χ3v) is 2.88. The minimum Gasteiger partial charge on any atom is -0.350 e. The molecule has 0 unspecified atom stereocenters. The topological polar surface area (TPSA) is 44.2 Å². The maximum Gasteiger partial charge on any atom is 0.200 e. The summed E-state index contributed by atoms with van der Waals surface area (Å²) in [5.41, 5.74) is 3.17. The molecule has 0 N–H and O–H groups in total. The number of methoxy groups -OCH3 is 2. The molecule has 0 bridgehead atoms. The number of hydrogen-bond acceptors (Lipinski definition) is 4. The standard InChI is InChI=1S/C15H18N2O2/c1-11-4-6-12(7-5-11)10-14-16-9-8-13(17-14)15(18-2)19-3/h4-9,15H,10H2,1-3H3. The van der Waals surface area contributed by atoms with Crippen LogP contribution in [0.1, 0.15) is 28.9 Å². The number of nitrogens with zero attached hydrogens (tertiary/aromatic N) is 2. The average molecular weight is 258 g/mol. The zero-order chi connectivity index (χ0) is 13.7. The lowest BCUT2D eigenvalue weighted by Gasteiger charge is -2.13. The summed E-state index contributed by atoms with van der Waals surface area (Å²) in [5, 5.41) is 0. The van der Waals surface area contributed by atoms with Gasteiger partial charge in [0.1, 0.15) is 5.82 Å². The first-order valence-electron chi connectivity index (χ1n) is 6.16. The van der Waals surface area contributed by atoms with Gasteiger partial charge in [0.15, 0.2) is 0 Å². The Morgan fingerprint density at radius 1 is 1.05 bits per heavy atom. The van der Waals surface area contributed by atoms with Crippen LogP contribution in [0.4, 0.5) is 0 Å². The molecule has 0 spiro atoms. The Balaban J connectivity index is 2.17. The molecule has 19 heavy (non-hydrogen) atoms. The van der Waals surface area contributed by atoms with Crippen molar-refractivity contribution in [1.29, 1.82) is 0 Å². The van der Waals surface area contributed by atoms with Gasteiger partial charge >= 0.3 is 0 Å². The van der Waals surface area contributed by atoms with Crippen LogP contribution < -0.4 is 0 Å². The molecule has 0 atom stereocenters. The van der Waals surface area contributed by atoms with Crippen molar-refractivity contribution >= 4 is 0 Å². The van der Waals surface area contributed by atoms with Crippen LogP contribution in [0.5, 0.6) is 0 Å². The molecular weight excluding hydrogens is 240 g/mol. The van der Waals surface area contributed by atoms with Gasteiger partial charge in [-0.1, -0.05) is 29.8 Å². The van der Waals surface area contributed by atoms with Gasteiger partial charge in [-0.3, -0.25) is 0 Å². The SMILES string of the molecule is COC(OC)c1ccnc(Cc2ccc(C)cc2)n1. The van der Waals surface area contributed by atoms with E-state index in [4.69, 9.17) is 9.47 Å². The zero-order valence-corrected chi connectivity index (χ0v) is 11.5. The molecule has 0 fully saturated rings. The molecular formula is C15H18N2O2. The van der Waals surface area contributed by atoms with Crippen molar-refractivity contribution in [2.75, 3.05) is 14.2 Å². The Bertz CT molecular complexity index is 522. The third-order valence-electron chi connectivity index (χ3n) is 2.88. The van der Waals surface area contributed by atoms with Crippen LogP contribution in [0.3, 0.4) is 0 Å². The van der Waals surface area contributed by atoms with Crippen LogP contribution in [0.15, 0.2) is 36.5 Å². The first-order valence-corrected chi connectivity index (χ1v) is 6.16. The van der Waals surface area contributed by atoms with Gasteiger partial charge in [-0.2, -0.15) is 0 Å². The fourth-order valence-electron chi connectivity index (χ4n) is 1.86. The predicted octanol–water partition coefficient (Wildman–Crippen LogP) is 2.67.